The molecule has 0 aromatic heterocycles. The summed E-state index contributed by atoms with van der Waals surface area (Å²) in [4.78, 5) is 24.1. The zero-order valence-corrected chi connectivity index (χ0v) is 14.7. The van der Waals surface area contributed by atoms with Gasteiger partial charge in [0.2, 0.25) is 0 Å². The van der Waals surface area contributed by atoms with E-state index in [4.69, 9.17) is 4.74 Å². The summed E-state index contributed by atoms with van der Waals surface area (Å²) < 4.78 is 31.5. The van der Waals surface area contributed by atoms with Crippen molar-refractivity contribution in [2.75, 3.05) is 6.54 Å². The van der Waals surface area contributed by atoms with Gasteiger partial charge in [0.05, 0.1) is 5.56 Å². The van der Waals surface area contributed by atoms with Gasteiger partial charge in [-0.2, -0.15) is 0 Å². The lowest BCUT2D eigenvalue weighted by atomic mass is 9.96. The number of esters is 1. The van der Waals surface area contributed by atoms with E-state index in [2.05, 4.69) is 5.32 Å². The number of nitrogens with one attached hydrogen (secondary N) is 1. The zero-order chi connectivity index (χ0) is 19.1. The monoisotopic (exact) mass is 361 g/mol. The topological polar surface area (TPSA) is 55.4 Å². The summed E-state index contributed by atoms with van der Waals surface area (Å²) >= 11 is 0. The molecule has 1 N–H and O–H groups in total. The molecule has 2 aromatic rings. The third-order valence-corrected chi connectivity index (χ3v) is 4.09. The van der Waals surface area contributed by atoms with Crippen molar-refractivity contribution in [3.8, 4) is 0 Å². The highest BCUT2D eigenvalue weighted by atomic mass is 19.1. The van der Waals surface area contributed by atoms with Crippen LogP contribution in [0.3, 0.4) is 0 Å². The second-order valence-corrected chi connectivity index (χ2v) is 5.93. The minimum absolute atomic E-state index is 0.137. The Morgan fingerprint density at radius 2 is 1.81 bits per heavy atom. The first kappa shape index (κ1) is 19.6. The van der Waals surface area contributed by atoms with Crippen LogP contribution in [0.2, 0.25) is 0 Å². The van der Waals surface area contributed by atoms with Crippen LogP contribution >= 0.6 is 0 Å². The molecule has 4 nitrogen and oxygen atoms in total. The van der Waals surface area contributed by atoms with Crippen LogP contribution in [-0.2, 0) is 9.53 Å². The summed E-state index contributed by atoms with van der Waals surface area (Å²) in [6.45, 7) is 3.81. The van der Waals surface area contributed by atoms with Gasteiger partial charge in [0.15, 0.2) is 6.10 Å². The highest BCUT2D eigenvalue weighted by Gasteiger charge is 2.22. The zero-order valence-electron chi connectivity index (χ0n) is 14.7. The number of amides is 1. The van der Waals surface area contributed by atoms with E-state index in [1.54, 1.807) is 0 Å². The first-order valence-electron chi connectivity index (χ1n) is 8.41. The smallest absolute Gasteiger partial charge is 0.341 e. The molecule has 0 aliphatic heterocycles. The van der Waals surface area contributed by atoms with Gasteiger partial charge in [-0.3, -0.25) is 4.79 Å². The highest BCUT2D eigenvalue weighted by Crippen LogP contribution is 2.18. The maximum Gasteiger partial charge on any atom is 0.341 e. The molecule has 0 spiro atoms. The molecule has 0 saturated carbocycles. The van der Waals surface area contributed by atoms with Crippen LogP contribution in [0.25, 0.3) is 0 Å². The fourth-order valence-corrected chi connectivity index (χ4v) is 2.52. The average molecular weight is 361 g/mol. The predicted octanol–water partition coefficient (Wildman–Crippen LogP) is 3.82. The molecule has 0 unspecified atom stereocenters. The van der Waals surface area contributed by atoms with Gasteiger partial charge in [0, 0.05) is 18.5 Å². The highest BCUT2D eigenvalue weighted by molar-refractivity contribution is 5.92. The summed E-state index contributed by atoms with van der Waals surface area (Å²) in [5.74, 6) is -3.18. The van der Waals surface area contributed by atoms with Gasteiger partial charge in [-0.05, 0) is 31.0 Å². The molecule has 26 heavy (non-hydrogen) atoms. The molecule has 0 saturated heterocycles. The summed E-state index contributed by atoms with van der Waals surface area (Å²) in [5, 5.41) is 2.74. The molecular formula is C20H21F2NO3. The summed E-state index contributed by atoms with van der Waals surface area (Å²) in [7, 11) is 0. The molecule has 6 heteroatoms. The largest absolute Gasteiger partial charge is 0.449 e. The lowest BCUT2D eigenvalue weighted by molar-refractivity contribution is -0.129. The number of hydrogen-bond donors (Lipinski definition) is 1. The normalized spacial score (nSPS) is 12.9. The average Bonchev–Trinajstić information content (AvgIpc) is 2.62. The van der Waals surface area contributed by atoms with Crippen molar-refractivity contribution in [3.05, 3.63) is 71.3 Å². The number of carbonyl (C=O) groups excluding carboxylic acids is 2. The maximum atomic E-state index is 13.6. The van der Waals surface area contributed by atoms with E-state index < -0.39 is 35.2 Å². The Kier molecular flexibility index (Phi) is 6.83. The molecule has 2 atom stereocenters. The number of carbonyl (C=O) groups is 2. The van der Waals surface area contributed by atoms with E-state index in [-0.39, 0.29) is 5.92 Å². The maximum absolute atomic E-state index is 13.6. The Morgan fingerprint density at radius 3 is 2.42 bits per heavy atom. The van der Waals surface area contributed by atoms with Crippen molar-refractivity contribution in [2.24, 2.45) is 0 Å². The molecule has 138 valence electrons. The summed E-state index contributed by atoms with van der Waals surface area (Å²) in [6, 6.07) is 12.3. The minimum atomic E-state index is -1.10. The number of ether oxygens (including phenoxy) is 1. The van der Waals surface area contributed by atoms with Gasteiger partial charge in [-0.25, -0.2) is 13.6 Å². The summed E-state index contributed by atoms with van der Waals surface area (Å²) in [6.07, 6.45) is -0.264. The van der Waals surface area contributed by atoms with E-state index in [1.165, 1.54) is 6.92 Å². The standard InChI is InChI=1S/C20H21F2NO3/c1-3-14(15-7-5-4-6-8-15)12-23-19(24)13(2)26-20(25)17-10-9-16(21)11-18(17)22/h4-11,13-14H,3,12H2,1-2H3,(H,23,24)/t13-,14+/m1/s1. The van der Waals surface area contributed by atoms with Crippen LogP contribution in [0.4, 0.5) is 8.78 Å². The Bertz CT molecular complexity index is 765. The molecule has 2 rings (SSSR count). The van der Waals surface area contributed by atoms with Crippen LogP contribution in [-0.4, -0.2) is 24.5 Å². The second kappa shape index (κ2) is 9.08. The lowest BCUT2D eigenvalue weighted by Crippen LogP contribution is -2.38. The first-order chi connectivity index (χ1) is 12.4. The van der Waals surface area contributed by atoms with Crippen molar-refractivity contribution in [3.63, 3.8) is 0 Å². The minimum Gasteiger partial charge on any atom is -0.449 e. The van der Waals surface area contributed by atoms with Gasteiger partial charge in [-0.15, -0.1) is 0 Å². The molecule has 0 heterocycles. The molecule has 0 bridgehead atoms. The van der Waals surface area contributed by atoms with E-state index in [9.17, 15) is 18.4 Å². The van der Waals surface area contributed by atoms with E-state index in [1.807, 2.05) is 37.3 Å². The van der Waals surface area contributed by atoms with Gasteiger partial charge < -0.3 is 10.1 Å². The second-order valence-electron chi connectivity index (χ2n) is 5.93. The molecule has 0 aliphatic rings. The molecule has 0 radical (unpaired) electrons. The number of halogens is 2. The third-order valence-electron chi connectivity index (χ3n) is 4.09. The van der Waals surface area contributed by atoms with Gasteiger partial charge in [-0.1, -0.05) is 37.3 Å². The third kappa shape index (κ3) is 5.12. The van der Waals surface area contributed by atoms with E-state index >= 15 is 0 Å². The Morgan fingerprint density at radius 1 is 1.12 bits per heavy atom. The SMILES string of the molecule is CC[C@@H](CNC(=O)[C@@H](C)OC(=O)c1ccc(F)cc1F)c1ccccc1. The Hall–Kier alpha value is -2.76. The van der Waals surface area contributed by atoms with Crippen molar-refractivity contribution < 1.29 is 23.1 Å². The van der Waals surface area contributed by atoms with Crippen molar-refractivity contribution in [2.45, 2.75) is 32.3 Å². The molecule has 2 aromatic carbocycles. The van der Waals surface area contributed by atoms with Gasteiger partial charge in [0.25, 0.3) is 5.91 Å². The first-order valence-corrected chi connectivity index (χ1v) is 8.41. The Labute approximate surface area is 151 Å². The van der Waals surface area contributed by atoms with E-state index in [0.717, 1.165) is 24.1 Å². The van der Waals surface area contributed by atoms with Crippen LogP contribution in [0.1, 0.15) is 42.1 Å². The summed E-state index contributed by atoms with van der Waals surface area (Å²) in [5.41, 5.74) is 0.690. The van der Waals surface area contributed by atoms with Crippen LogP contribution < -0.4 is 5.32 Å². The molecule has 0 fully saturated rings. The van der Waals surface area contributed by atoms with E-state index in [0.29, 0.717) is 12.6 Å². The van der Waals surface area contributed by atoms with Gasteiger partial charge >= 0.3 is 5.97 Å². The predicted molar refractivity (Wildman–Crippen MR) is 93.7 cm³/mol. The number of benzene rings is 2. The van der Waals surface area contributed by atoms with Crippen LogP contribution in [0.15, 0.2) is 48.5 Å². The molecular weight excluding hydrogens is 340 g/mol. The number of rotatable bonds is 7. The fraction of sp³-hybridized carbons (Fsp3) is 0.300. The van der Waals surface area contributed by atoms with Crippen molar-refractivity contribution >= 4 is 11.9 Å². The van der Waals surface area contributed by atoms with Crippen LogP contribution in [0.5, 0.6) is 0 Å². The fourth-order valence-electron chi connectivity index (χ4n) is 2.52. The van der Waals surface area contributed by atoms with Crippen LogP contribution in [0, 0.1) is 11.6 Å². The van der Waals surface area contributed by atoms with Crippen molar-refractivity contribution in [1.29, 1.82) is 0 Å². The van der Waals surface area contributed by atoms with Gasteiger partial charge in [0.1, 0.15) is 11.6 Å². The number of hydrogen-bond acceptors (Lipinski definition) is 3. The lowest BCUT2D eigenvalue weighted by Gasteiger charge is -2.18. The molecule has 0 aliphatic carbocycles. The molecule has 1 amide bonds. The quantitative estimate of drug-likeness (QED) is 0.763. The van der Waals surface area contributed by atoms with Crippen molar-refractivity contribution in [1.82, 2.24) is 5.32 Å². The Balaban J connectivity index is 1.91.